The van der Waals surface area contributed by atoms with Crippen LogP contribution in [0.5, 0.6) is 0 Å². The van der Waals surface area contributed by atoms with Crippen LogP contribution in [0.25, 0.3) is 11.1 Å². The van der Waals surface area contributed by atoms with E-state index >= 15 is 0 Å². The first-order valence-corrected chi connectivity index (χ1v) is 6.86. The lowest BCUT2D eigenvalue weighted by molar-refractivity contribution is 0.273. The van der Waals surface area contributed by atoms with Crippen molar-refractivity contribution in [3.63, 3.8) is 0 Å². The fourth-order valence-electron chi connectivity index (χ4n) is 2.96. The number of nitrogen functional groups attached to an aromatic ring is 1. The molecule has 98 valence electrons. The Morgan fingerprint density at radius 3 is 2.68 bits per heavy atom. The topological polar surface area (TPSA) is 47.1 Å². The zero-order chi connectivity index (χ0) is 13.0. The first kappa shape index (κ1) is 11.1. The molecule has 1 saturated carbocycles. The van der Waals surface area contributed by atoms with E-state index in [2.05, 4.69) is 28.2 Å². The molecule has 4 nitrogen and oxygen atoms in total. The van der Waals surface area contributed by atoms with Crippen LogP contribution in [0.3, 0.4) is 0 Å². The lowest BCUT2D eigenvalue weighted by Gasteiger charge is -2.11. The molecule has 2 heterocycles. The van der Waals surface area contributed by atoms with Crippen molar-refractivity contribution in [3.8, 4) is 11.1 Å². The second-order valence-corrected chi connectivity index (χ2v) is 5.69. The molecule has 0 saturated heterocycles. The molecule has 19 heavy (non-hydrogen) atoms. The number of nitrogens with zero attached hydrogens (tertiary/aromatic N) is 3. The Labute approximate surface area is 112 Å². The minimum absolute atomic E-state index is 0.733. The van der Waals surface area contributed by atoms with Crippen LogP contribution >= 0.6 is 0 Å². The van der Waals surface area contributed by atoms with Crippen molar-refractivity contribution in [1.82, 2.24) is 14.7 Å². The number of aromatic nitrogens is 2. The van der Waals surface area contributed by atoms with Crippen molar-refractivity contribution in [2.75, 3.05) is 5.73 Å². The molecule has 0 amide bonds. The van der Waals surface area contributed by atoms with Gasteiger partial charge in [0.05, 0.1) is 6.20 Å². The summed E-state index contributed by atoms with van der Waals surface area (Å²) in [6, 6.07) is 7.53. The third kappa shape index (κ3) is 1.75. The summed E-state index contributed by atoms with van der Waals surface area (Å²) in [7, 11) is 1.88. The maximum atomic E-state index is 6.06. The highest BCUT2D eigenvalue weighted by molar-refractivity contribution is 5.74. The van der Waals surface area contributed by atoms with Crippen LogP contribution in [0.4, 0.5) is 5.82 Å². The molecule has 1 aliphatic carbocycles. The average molecular weight is 254 g/mol. The normalized spacial score (nSPS) is 18.8. The number of anilines is 1. The van der Waals surface area contributed by atoms with Crippen molar-refractivity contribution in [2.45, 2.75) is 32.0 Å². The second-order valence-electron chi connectivity index (χ2n) is 5.69. The highest BCUT2D eigenvalue weighted by Crippen LogP contribution is 2.36. The molecule has 1 aromatic carbocycles. The number of benzene rings is 1. The number of hydrogen-bond donors (Lipinski definition) is 1. The van der Waals surface area contributed by atoms with Crippen molar-refractivity contribution < 1.29 is 0 Å². The van der Waals surface area contributed by atoms with Crippen molar-refractivity contribution in [2.24, 2.45) is 7.05 Å². The van der Waals surface area contributed by atoms with Gasteiger partial charge in [0.25, 0.3) is 0 Å². The molecule has 0 bridgehead atoms. The van der Waals surface area contributed by atoms with Crippen LogP contribution in [-0.4, -0.2) is 20.7 Å². The fraction of sp³-hybridized carbons (Fsp3) is 0.400. The summed E-state index contributed by atoms with van der Waals surface area (Å²) >= 11 is 0. The average Bonchev–Trinajstić information content (AvgIpc) is 3.10. The van der Waals surface area contributed by atoms with E-state index < -0.39 is 0 Å². The summed E-state index contributed by atoms with van der Waals surface area (Å²) in [5, 5.41) is 4.22. The Morgan fingerprint density at radius 2 is 2.00 bits per heavy atom. The van der Waals surface area contributed by atoms with Gasteiger partial charge in [0.2, 0.25) is 0 Å². The molecular formula is C15H18N4. The predicted octanol–water partition coefficient (Wildman–Crippen LogP) is 2.15. The summed E-state index contributed by atoms with van der Waals surface area (Å²) < 4.78 is 1.72. The van der Waals surface area contributed by atoms with E-state index in [-0.39, 0.29) is 0 Å². The van der Waals surface area contributed by atoms with E-state index in [9.17, 15) is 0 Å². The fourth-order valence-corrected chi connectivity index (χ4v) is 2.96. The van der Waals surface area contributed by atoms with Gasteiger partial charge in [0, 0.05) is 31.7 Å². The largest absolute Gasteiger partial charge is 0.383 e. The van der Waals surface area contributed by atoms with Crippen LogP contribution in [0.2, 0.25) is 0 Å². The summed E-state index contributed by atoms with van der Waals surface area (Å²) in [4.78, 5) is 2.58. The molecular weight excluding hydrogens is 236 g/mol. The van der Waals surface area contributed by atoms with Crippen LogP contribution in [-0.2, 0) is 20.1 Å². The van der Waals surface area contributed by atoms with Gasteiger partial charge in [-0.15, -0.1) is 0 Å². The van der Waals surface area contributed by atoms with Crippen LogP contribution in [0.15, 0.2) is 24.4 Å². The maximum Gasteiger partial charge on any atom is 0.129 e. The molecule has 4 rings (SSSR count). The first-order chi connectivity index (χ1) is 9.22. The Balaban J connectivity index is 1.69. The van der Waals surface area contributed by atoms with Crippen molar-refractivity contribution >= 4 is 5.82 Å². The SMILES string of the molecule is Cn1ncc(-c2ccc3c(c2)CN(C2CC2)C3)c1N. The molecule has 1 fully saturated rings. The van der Waals surface area contributed by atoms with Gasteiger partial charge in [-0.25, -0.2) is 0 Å². The van der Waals surface area contributed by atoms with Crippen molar-refractivity contribution in [3.05, 3.63) is 35.5 Å². The molecule has 4 heteroatoms. The smallest absolute Gasteiger partial charge is 0.129 e. The first-order valence-electron chi connectivity index (χ1n) is 6.86. The molecule has 0 radical (unpaired) electrons. The highest BCUT2D eigenvalue weighted by atomic mass is 15.3. The van der Waals surface area contributed by atoms with Crippen molar-refractivity contribution in [1.29, 1.82) is 0 Å². The van der Waals surface area contributed by atoms with Crippen LogP contribution in [0, 0.1) is 0 Å². The molecule has 2 aromatic rings. The molecule has 0 unspecified atom stereocenters. The maximum absolute atomic E-state index is 6.06. The van der Waals surface area contributed by atoms with E-state index in [0.29, 0.717) is 0 Å². The number of nitrogens with two attached hydrogens (primary N) is 1. The molecule has 1 aromatic heterocycles. The molecule has 0 atom stereocenters. The van der Waals surface area contributed by atoms with Gasteiger partial charge in [0.15, 0.2) is 0 Å². The monoisotopic (exact) mass is 254 g/mol. The number of aryl methyl sites for hydroxylation is 1. The predicted molar refractivity (Wildman–Crippen MR) is 75.3 cm³/mol. The molecule has 1 aliphatic heterocycles. The van der Waals surface area contributed by atoms with Gasteiger partial charge in [0.1, 0.15) is 5.82 Å². The minimum Gasteiger partial charge on any atom is -0.383 e. The highest BCUT2D eigenvalue weighted by Gasteiger charge is 2.32. The molecule has 2 N–H and O–H groups in total. The third-order valence-corrected chi connectivity index (χ3v) is 4.31. The number of hydrogen-bond acceptors (Lipinski definition) is 3. The quantitative estimate of drug-likeness (QED) is 0.893. The lowest BCUT2D eigenvalue weighted by atomic mass is 10.0. The van der Waals surface area contributed by atoms with E-state index in [0.717, 1.165) is 30.5 Å². The zero-order valence-corrected chi connectivity index (χ0v) is 11.1. The summed E-state index contributed by atoms with van der Waals surface area (Å²) in [5.41, 5.74) is 11.2. The Morgan fingerprint density at radius 1 is 1.21 bits per heavy atom. The lowest BCUT2D eigenvalue weighted by Crippen LogP contribution is -2.18. The Kier molecular flexibility index (Phi) is 2.23. The minimum atomic E-state index is 0.733. The van der Waals surface area contributed by atoms with Crippen LogP contribution < -0.4 is 5.73 Å². The van der Waals surface area contributed by atoms with E-state index in [1.165, 1.54) is 29.5 Å². The molecule has 0 spiro atoms. The summed E-state index contributed by atoms with van der Waals surface area (Å²) in [5.74, 6) is 0.733. The van der Waals surface area contributed by atoms with Gasteiger partial charge in [-0.05, 0) is 35.6 Å². The zero-order valence-electron chi connectivity index (χ0n) is 11.1. The standard InChI is InChI=1S/C15H18N4/c1-18-15(16)14(7-17-18)10-2-3-11-8-19(13-4-5-13)9-12(11)6-10/h2-3,6-7,13H,4-5,8-9,16H2,1H3. The van der Waals surface area contributed by atoms with Gasteiger partial charge < -0.3 is 5.73 Å². The van der Waals surface area contributed by atoms with E-state index in [1.54, 1.807) is 4.68 Å². The van der Waals surface area contributed by atoms with Gasteiger partial charge >= 0.3 is 0 Å². The van der Waals surface area contributed by atoms with Gasteiger partial charge in [-0.3, -0.25) is 9.58 Å². The number of rotatable bonds is 2. The van der Waals surface area contributed by atoms with Crippen LogP contribution in [0.1, 0.15) is 24.0 Å². The number of fused-ring (bicyclic) bond motifs is 1. The van der Waals surface area contributed by atoms with E-state index in [4.69, 9.17) is 5.73 Å². The Bertz CT molecular complexity index is 640. The Hall–Kier alpha value is -1.81. The van der Waals surface area contributed by atoms with E-state index in [1.807, 2.05) is 13.2 Å². The third-order valence-electron chi connectivity index (χ3n) is 4.31. The second kappa shape index (κ2) is 3.84. The summed E-state index contributed by atoms with van der Waals surface area (Å²) in [6.45, 7) is 2.21. The summed E-state index contributed by atoms with van der Waals surface area (Å²) in [6.07, 6.45) is 4.59. The van der Waals surface area contributed by atoms with Gasteiger partial charge in [-0.1, -0.05) is 12.1 Å². The van der Waals surface area contributed by atoms with Gasteiger partial charge in [-0.2, -0.15) is 5.10 Å². The molecule has 2 aliphatic rings.